The van der Waals surface area contributed by atoms with Crippen LogP contribution in [0.4, 0.5) is 0 Å². The highest BCUT2D eigenvalue weighted by atomic mass is 16.2. The highest BCUT2D eigenvalue weighted by Gasteiger charge is 2.32. The summed E-state index contributed by atoms with van der Waals surface area (Å²) < 4.78 is 0. The molecule has 0 aromatic carbocycles. The molecule has 0 aromatic heterocycles. The van der Waals surface area contributed by atoms with E-state index in [0.717, 1.165) is 11.4 Å². The molecular weight excluding hydrogens is 314 g/mol. The summed E-state index contributed by atoms with van der Waals surface area (Å²) in [5.41, 5.74) is 6.54. The molecule has 140 valence electrons. The number of carbonyl (C=O) groups is 1. The Hall–Kier alpha value is -2.50. The molecule has 25 heavy (non-hydrogen) atoms. The zero-order valence-electron chi connectivity index (χ0n) is 16.8. The smallest absolute Gasteiger partial charge is 0.232 e. The van der Waals surface area contributed by atoms with E-state index in [1.807, 2.05) is 58.1 Å². The lowest BCUT2D eigenvalue weighted by Crippen LogP contribution is -2.37. The van der Waals surface area contributed by atoms with Gasteiger partial charge in [0.05, 0.1) is 11.3 Å². The SMILES string of the molecule is C=C/C(=C\N(C)/C(NC)=C(\C=C/C)N=C(C)N)C(C)(C)C(=O)N(C)C. The average Bonchev–Trinajstić information content (AvgIpc) is 2.51. The van der Waals surface area contributed by atoms with Crippen LogP contribution in [0.25, 0.3) is 0 Å². The summed E-state index contributed by atoms with van der Waals surface area (Å²) in [6.07, 6.45) is 7.35. The minimum atomic E-state index is -0.702. The second-order valence-electron chi connectivity index (χ2n) is 6.46. The number of hydrogen-bond acceptors (Lipinski definition) is 4. The van der Waals surface area contributed by atoms with Gasteiger partial charge in [-0.05, 0) is 39.3 Å². The Morgan fingerprint density at radius 3 is 2.20 bits per heavy atom. The average molecular weight is 348 g/mol. The molecule has 0 unspecified atom stereocenters. The van der Waals surface area contributed by atoms with Crippen LogP contribution >= 0.6 is 0 Å². The van der Waals surface area contributed by atoms with E-state index < -0.39 is 5.41 Å². The van der Waals surface area contributed by atoms with Crippen LogP contribution < -0.4 is 11.1 Å². The van der Waals surface area contributed by atoms with Gasteiger partial charge in [-0.2, -0.15) is 0 Å². The van der Waals surface area contributed by atoms with Gasteiger partial charge in [-0.25, -0.2) is 4.99 Å². The highest BCUT2D eigenvalue weighted by molar-refractivity contribution is 5.85. The van der Waals surface area contributed by atoms with Crippen LogP contribution in [0.15, 0.2) is 53.1 Å². The molecule has 0 fully saturated rings. The summed E-state index contributed by atoms with van der Waals surface area (Å²) in [7, 11) is 7.19. The molecule has 0 bridgehead atoms. The lowest BCUT2D eigenvalue weighted by molar-refractivity contribution is -0.135. The van der Waals surface area contributed by atoms with Gasteiger partial charge in [0.1, 0.15) is 11.5 Å². The molecule has 0 radical (unpaired) electrons. The first-order valence-electron chi connectivity index (χ1n) is 8.17. The van der Waals surface area contributed by atoms with Gasteiger partial charge in [-0.15, -0.1) is 0 Å². The van der Waals surface area contributed by atoms with Crippen molar-refractivity contribution in [2.24, 2.45) is 16.1 Å². The van der Waals surface area contributed by atoms with Crippen molar-refractivity contribution in [3.8, 4) is 0 Å². The Bertz CT molecular complexity index is 605. The number of aliphatic imine (C=N–C) groups is 1. The number of rotatable bonds is 8. The van der Waals surface area contributed by atoms with Gasteiger partial charge in [-0.1, -0.05) is 18.7 Å². The van der Waals surface area contributed by atoms with Crippen molar-refractivity contribution in [1.29, 1.82) is 0 Å². The monoisotopic (exact) mass is 347 g/mol. The standard InChI is InChI=1S/C19H33N5O/c1-10-12-16(22-14(3)20)17(21-6)24(9)13-15(11-2)19(4,5)18(25)23(7)8/h10-13,21H,2H2,1,3-9H3,(H2,20,22)/b12-10-,15-13+,17-16+. The summed E-state index contributed by atoms with van der Waals surface area (Å²) in [5, 5.41) is 3.14. The first-order chi connectivity index (χ1) is 11.5. The second-order valence-corrected chi connectivity index (χ2v) is 6.46. The van der Waals surface area contributed by atoms with E-state index in [4.69, 9.17) is 5.73 Å². The van der Waals surface area contributed by atoms with Crippen molar-refractivity contribution >= 4 is 11.7 Å². The van der Waals surface area contributed by atoms with Crippen LogP contribution in [0.5, 0.6) is 0 Å². The van der Waals surface area contributed by atoms with Crippen molar-refractivity contribution in [3.05, 3.63) is 48.1 Å². The van der Waals surface area contributed by atoms with Gasteiger partial charge in [0.2, 0.25) is 5.91 Å². The molecule has 0 aliphatic heterocycles. The largest absolute Gasteiger partial charge is 0.387 e. The Morgan fingerprint density at radius 1 is 1.28 bits per heavy atom. The Kier molecular flexibility index (Phi) is 8.74. The zero-order valence-corrected chi connectivity index (χ0v) is 16.8. The van der Waals surface area contributed by atoms with Crippen LogP contribution in [-0.2, 0) is 4.79 Å². The van der Waals surface area contributed by atoms with Gasteiger partial charge < -0.3 is 20.9 Å². The number of amidine groups is 1. The van der Waals surface area contributed by atoms with Crippen LogP contribution in [0.2, 0.25) is 0 Å². The highest BCUT2D eigenvalue weighted by Crippen LogP contribution is 2.30. The summed E-state index contributed by atoms with van der Waals surface area (Å²) in [4.78, 5) is 20.3. The molecule has 1 amide bonds. The predicted molar refractivity (Wildman–Crippen MR) is 107 cm³/mol. The molecule has 3 N–H and O–H groups in total. The lowest BCUT2D eigenvalue weighted by atomic mass is 9.83. The van der Waals surface area contributed by atoms with Crippen LogP contribution in [-0.4, -0.2) is 49.7 Å². The normalized spacial score (nSPS) is 14.2. The van der Waals surface area contributed by atoms with Crippen molar-refractivity contribution in [2.45, 2.75) is 27.7 Å². The molecule has 0 heterocycles. The molecule has 0 saturated carbocycles. The van der Waals surface area contributed by atoms with Gasteiger partial charge in [0, 0.05) is 34.4 Å². The number of hydrogen-bond donors (Lipinski definition) is 2. The van der Waals surface area contributed by atoms with Crippen LogP contribution in [0.1, 0.15) is 27.7 Å². The van der Waals surface area contributed by atoms with Crippen molar-refractivity contribution < 1.29 is 4.79 Å². The van der Waals surface area contributed by atoms with Gasteiger partial charge >= 0.3 is 0 Å². The quantitative estimate of drug-likeness (QED) is 0.402. The molecule has 0 saturated heterocycles. The molecule has 0 spiro atoms. The number of carbonyl (C=O) groups excluding carboxylic acids is 1. The third-order valence-corrected chi connectivity index (χ3v) is 3.67. The number of nitrogens with zero attached hydrogens (tertiary/aromatic N) is 3. The van der Waals surface area contributed by atoms with E-state index in [2.05, 4.69) is 16.9 Å². The van der Waals surface area contributed by atoms with Crippen molar-refractivity contribution in [3.63, 3.8) is 0 Å². The Labute approximate surface area is 152 Å². The summed E-state index contributed by atoms with van der Waals surface area (Å²) in [6.45, 7) is 11.3. The van der Waals surface area contributed by atoms with Gasteiger partial charge in [0.25, 0.3) is 0 Å². The van der Waals surface area contributed by atoms with Crippen LogP contribution in [0.3, 0.4) is 0 Å². The summed E-state index contributed by atoms with van der Waals surface area (Å²) >= 11 is 0. The van der Waals surface area contributed by atoms with Gasteiger partial charge in [0.15, 0.2) is 0 Å². The fourth-order valence-corrected chi connectivity index (χ4v) is 2.43. The first kappa shape index (κ1) is 22.5. The lowest BCUT2D eigenvalue weighted by Gasteiger charge is -2.30. The fraction of sp³-hybridized carbons (Fsp3) is 0.474. The third kappa shape index (κ3) is 6.14. The molecule has 0 aliphatic rings. The number of nitrogens with two attached hydrogens (primary N) is 1. The van der Waals surface area contributed by atoms with E-state index in [9.17, 15) is 4.79 Å². The van der Waals surface area contributed by atoms with Crippen molar-refractivity contribution in [2.75, 3.05) is 28.2 Å². The van der Waals surface area contributed by atoms with Crippen molar-refractivity contribution in [1.82, 2.24) is 15.1 Å². The third-order valence-electron chi connectivity index (χ3n) is 3.67. The molecule has 0 aliphatic carbocycles. The predicted octanol–water partition coefficient (Wildman–Crippen LogP) is 2.44. The molecule has 6 nitrogen and oxygen atoms in total. The second kappa shape index (κ2) is 9.71. The van der Waals surface area contributed by atoms with E-state index in [1.165, 1.54) is 0 Å². The fourth-order valence-electron chi connectivity index (χ4n) is 2.43. The zero-order chi connectivity index (χ0) is 19.8. The molecular formula is C19H33N5O. The maximum Gasteiger partial charge on any atom is 0.232 e. The summed E-state index contributed by atoms with van der Waals surface area (Å²) in [6, 6.07) is 0. The maximum absolute atomic E-state index is 12.5. The minimum absolute atomic E-state index is 0.00605. The number of amides is 1. The van der Waals surface area contributed by atoms with E-state index in [0.29, 0.717) is 11.5 Å². The minimum Gasteiger partial charge on any atom is -0.387 e. The topological polar surface area (TPSA) is 74.0 Å². The van der Waals surface area contributed by atoms with Crippen LogP contribution in [0, 0.1) is 5.41 Å². The first-order valence-corrected chi connectivity index (χ1v) is 8.17. The summed E-state index contributed by atoms with van der Waals surface area (Å²) in [5.74, 6) is 1.23. The van der Waals surface area contributed by atoms with Gasteiger partial charge in [-0.3, -0.25) is 4.79 Å². The molecule has 0 aromatic rings. The number of allylic oxidation sites excluding steroid dienone is 3. The van der Waals surface area contributed by atoms with E-state index in [1.54, 1.807) is 32.0 Å². The van der Waals surface area contributed by atoms with E-state index >= 15 is 0 Å². The molecule has 6 heteroatoms. The number of nitrogens with one attached hydrogen (secondary N) is 1. The Morgan fingerprint density at radius 2 is 1.84 bits per heavy atom. The Balaban J connectivity index is 6.14. The van der Waals surface area contributed by atoms with E-state index in [-0.39, 0.29) is 5.91 Å². The maximum atomic E-state index is 12.5. The molecule has 0 rings (SSSR count). The molecule has 0 atom stereocenters.